The number of rotatable bonds is 6. The van der Waals surface area contributed by atoms with Gasteiger partial charge in [0.15, 0.2) is 0 Å². The Bertz CT molecular complexity index is 1440. The summed E-state index contributed by atoms with van der Waals surface area (Å²) in [6.45, 7) is 6.90. The molecule has 11 heteroatoms. The molecule has 0 saturated carbocycles. The van der Waals surface area contributed by atoms with Crippen LogP contribution >= 0.6 is 11.3 Å². The van der Waals surface area contributed by atoms with Gasteiger partial charge >= 0.3 is 12.0 Å². The highest BCUT2D eigenvalue weighted by Crippen LogP contribution is 2.46. The van der Waals surface area contributed by atoms with Crippen LogP contribution in [0.1, 0.15) is 25.8 Å². The fourth-order valence-electron chi connectivity index (χ4n) is 5.35. The monoisotopic (exact) mass is 533 g/mol. The number of fused-ring (bicyclic) bond motifs is 1. The Balaban J connectivity index is 1.72. The van der Waals surface area contributed by atoms with Crippen molar-refractivity contribution in [1.82, 2.24) is 25.9 Å². The van der Waals surface area contributed by atoms with E-state index in [9.17, 15) is 14.7 Å². The van der Waals surface area contributed by atoms with Crippen molar-refractivity contribution in [2.75, 3.05) is 24.5 Å². The summed E-state index contributed by atoms with van der Waals surface area (Å²) in [5.41, 5.74) is 4.93. The van der Waals surface area contributed by atoms with Crippen molar-refractivity contribution in [2.24, 2.45) is 16.3 Å². The third-order valence-electron chi connectivity index (χ3n) is 7.39. The van der Waals surface area contributed by atoms with Crippen LogP contribution < -0.4 is 20.9 Å². The summed E-state index contributed by atoms with van der Waals surface area (Å²) in [5, 5.41) is 19.6. The Morgan fingerprint density at radius 3 is 2.89 bits per heavy atom. The van der Waals surface area contributed by atoms with Crippen LogP contribution in [0.5, 0.6) is 0 Å². The normalized spacial score (nSPS) is 24.9. The first-order valence-corrected chi connectivity index (χ1v) is 13.5. The number of allylic oxidation sites excluding steroid dienone is 1. The van der Waals surface area contributed by atoms with Gasteiger partial charge in [-0.2, -0.15) is 0 Å². The van der Waals surface area contributed by atoms with Crippen molar-refractivity contribution in [3.8, 4) is 11.3 Å². The van der Waals surface area contributed by atoms with Gasteiger partial charge in [0.1, 0.15) is 0 Å². The standard InChI is InChI=1S/C27H31N7O3S/c1-4-29-25(37)33-27(22-15-28-10-7-26(22,3)24(35)36)32-8-5-11-34(27)18-13-19(20-12-17(2)6-9-30-20)23-21(14-18)31-16-38-23/h5-6,8-9,11-14,16,22,28H,4,7,10,15H2,1-3H3,(H,35,36)(H2,29,33,37). The number of aliphatic imine (C=N–C) groups is 1. The number of hydrogen-bond donors (Lipinski definition) is 4. The lowest BCUT2D eigenvalue weighted by Crippen LogP contribution is -2.71. The predicted octanol–water partition coefficient (Wildman–Crippen LogP) is 3.74. The molecule has 2 aliphatic rings. The van der Waals surface area contributed by atoms with E-state index in [1.165, 1.54) is 11.3 Å². The van der Waals surface area contributed by atoms with Crippen molar-refractivity contribution in [3.05, 3.63) is 53.8 Å². The molecule has 198 valence electrons. The third kappa shape index (κ3) is 4.41. The van der Waals surface area contributed by atoms with Crippen molar-refractivity contribution in [3.63, 3.8) is 0 Å². The van der Waals surface area contributed by atoms with E-state index in [-0.39, 0.29) is 0 Å². The number of urea groups is 1. The van der Waals surface area contributed by atoms with Gasteiger partial charge in [-0.05, 0) is 69.6 Å². The lowest BCUT2D eigenvalue weighted by molar-refractivity contribution is -0.155. The SMILES string of the molecule is CCNC(=O)NC1(C2CNCCC2(C)C(=O)O)N=CC=CN1c1cc(-c2cc(C)ccn2)c2scnc2c1. The highest BCUT2D eigenvalue weighted by molar-refractivity contribution is 7.17. The second kappa shape index (κ2) is 10.1. The first kappa shape index (κ1) is 25.8. The molecule has 4 heterocycles. The number of pyridine rings is 1. The number of amides is 2. The molecule has 4 N–H and O–H groups in total. The average molecular weight is 534 g/mol. The second-order valence-electron chi connectivity index (χ2n) is 9.84. The molecule has 2 aliphatic heterocycles. The number of thiazole rings is 1. The largest absolute Gasteiger partial charge is 0.481 e. The number of piperidine rings is 1. The van der Waals surface area contributed by atoms with Crippen LogP contribution in [0.25, 0.3) is 21.5 Å². The maximum atomic E-state index is 13.1. The van der Waals surface area contributed by atoms with Gasteiger partial charge in [0.05, 0.1) is 32.8 Å². The molecule has 3 atom stereocenters. The van der Waals surface area contributed by atoms with E-state index in [0.29, 0.717) is 31.7 Å². The van der Waals surface area contributed by atoms with Crippen LogP contribution in [0.4, 0.5) is 10.5 Å². The number of aromatic nitrogens is 2. The van der Waals surface area contributed by atoms with Gasteiger partial charge in [0, 0.05) is 43.0 Å². The van der Waals surface area contributed by atoms with Crippen LogP contribution in [0.15, 0.2) is 53.2 Å². The summed E-state index contributed by atoms with van der Waals surface area (Å²) in [5.74, 6) is -2.96. The van der Waals surface area contributed by atoms with Gasteiger partial charge in [0.2, 0.25) is 5.79 Å². The van der Waals surface area contributed by atoms with Crippen LogP contribution in [-0.2, 0) is 4.79 Å². The number of nitrogens with one attached hydrogen (secondary N) is 3. The molecule has 1 saturated heterocycles. The van der Waals surface area contributed by atoms with E-state index in [0.717, 1.165) is 27.0 Å². The van der Waals surface area contributed by atoms with Crippen LogP contribution in [-0.4, -0.2) is 58.7 Å². The molecular weight excluding hydrogens is 502 g/mol. The lowest BCUT2D eigenvalue weighted by atomic mass is 9.68. The van der Waals surface area contributed by atoms with Gasteiger partial charge in [-0.1, -0.05) is 0 Å². The summed E-state index contributed by atoms with van der Waals surface area (Å²) in [6, 6.07) is 7.49. The van der Waals surface area contributed by atoms with E-state index < -0.39 is 29.1 Å². The second-order valence-corrected chi connectivity index (χ2v) is 10.7. The van der Waals surface area contributed by atoms with Gasteiger partial charge in [-0.15, -0.1) is 11.3 Å². The highest BCUT2D eigenvalue weighted by atomic mass is 32.1. The van der Waals surface area contributed by atoms with Crippen molar-refractivity contribution < 1.29 is 14.7 Å². The molecule has 2 aromatic heterocycles. The number of carbonyl (C=O) groups excluding carboxylic acids is 1. The van der Waals surface area contributed by atoms with Crippen molar-refractivity contribution in [1.29, 1.82) is 0 Å². The number of aliphatic carboxylic acids is 1. The Hall–Kier alpha value is -3.83. The minimum atomic E-state index is -1.42. The van der Waals surface area contributed by atoms with Gasteiger partial charge < -0.3 is 20.6 Å². The molecule has 3 unspecified atom stereocenters. The first-order chi connectivity index (χ1) is 18.3. The third-order valence-corrected chi connectivity index (χ3v) is 8.27. The van der Waals surface area contributed by atoms with E-state index in [2.05, 4.69) is 25.9 Å². The molecule has 5 rings (SSSR count). The van der Waals surface area contributed by atoms with E-state index in [1.54, 1.807) is 30.9 Å². The summed E-state index contributed by atoms with van der Waals surface area (Å²) in [6.07, 6.45) is 7.40. The number of carbonyl (C=O) groups is 2. The van der Waals surface area contributed by atoms with Gasteiger partial charge in [0.25, 0.3) is 0 Å². The number of anilines is 1. The molecule has 3 aromatic rings. The lowest BCUT2D eigenvalue weighted by Gasteiger charge is -2.52. The summed E-state index contributed by atoms with van der Waals surface area (Å²) in [7, 11) is 0. The minimum Gasteiger partial charge on any atom is -0.481 e. The van der Waals surface area contributed by atoms with Crippen molar-refractivity contribution in [2.45, 2.75) is 33.0 Å². The van der Waals surface area contributed by atoms with Gasteiger partial charge in [-0.3, -0.25) is 15.1 Å². The molecular formula is C27H31N7O3S. The van der Waals surface area contributed by atoms with E-state index >= 15 is 0 Å². The molecule has 38 heavy (non-hydrogen) atoms. The number of aryl methyl sites for hydroxylation is 1. The number of carboxylic acid groups (broad SMARTS) is 1. The smallest absolute Gasteiger partial charge is 0.318 e. The average Bonchev–Trinajstić information content (AvgIpc) is 3.37. The van der Waals surface area contributed by atoms with Crippen molar-refractivity contribution >= 4 is 45.5 Å². The van der Waals surface area contributed by atoms with Gasteiger partial charge in [-0.25, -0.2) is 14.8 Å². The van der Waals surface area contributed by atoms with Crippen LogP contribution in [0.3, 0.4) is 0 Å². The molecule has 2 amide bonds. The van der Waals surface area contributed by atoms with Crippen LogP contribution in [0, 0.1) is 18.3 Å². The molecule has 10 nitrogen and oxygen atoms in total. The zero-order valence-electron chi connectivity index (χ0n) is 21.6. The predicted molar refractivity (Wildman–Crippen MR) is 149 cm³/mol. The first-order valence-electron chi connectivity index (χ1n) is 12.6. The highest BCUT2D eigenvalue weighted by Gasteiger charge is 2.57. The molecule has 0 spiro atoms. The zero-order valence-corrected chi connectivity index (χ0v) is 22.4. The molecule has 1 aromatic carbocycles. The Morgan fingerprint density at radius 1 is 1.29 bits per heavy atom. The fourth-order valence-corrected chi connectivity index (χ4v) is 6.15. The Kier molecular flexibility index (Phi) is 6.89. The molecule has 1 fully saturated rings. The zero-order chi connectivity index (χ0) is 26.9. The maximum absolute atomic E-state index is 13.1. The van der Waals surface area contributed by atoms with E-state index in [4.69, 9.17) is 4.99 Å². The number of benzene rings is 1. The number of nitrogens with zero attached hydrogens (tertiary/aromatic N) is 4. The minimum absolute atomic E-state index is 0.349. The fraction of sp³-hybridized carbons (Fsp3) is 0.370. The van der Waals surface area contributed by atoms with Crippen LogP contribution in [0.2, 0.25) is 0 Å². The summed E-state index contributed by atoms with van der Waals surface area (Å²) < 4.78 is 0.994. The Labute approximate surface area is 224 Å². The molecule has 0 radical (unpaired) electrons. The van der Waals surface area contributed by atoms with E-state index in [1.807, 2.05) is 49.2 Å². The topological polar surface area (TPSA) is 132 Å². The number of carboxylic acids is 1. The molecule has 0 aliphatic carbocycles. The quantitative estimate of drug-likeness (QED) is 0.379. The summed E-state index contributed by atoms with van der Waals surface area (Å²) >= 11 is 1.53. The number of hydrogen-bond acceptors (Lipinski definition) is 8. The Morgan fingerprint density at radius 2 is 2.13 bits per heavy atom. The molecule has 0 bridgehead atoms. The maximum Gasteiger partial charge on any atom is 0.318 e. The summed E-state index contributed by atoms with van der Waals surface area (Å²) in [4.78, 5) is 41.6.